The van der Waals surface area contributed by atoms with Gasteiger partial charge in [-0.1, -0.05) is 74.5 Å². The summed E-state index contributed by atoms with van der Waals surface area (Å²) in [7, 11) is 0. The topological polar surface area (TPSA) is 36.9 Å². The lowest BCUT2D eigenvalue weighted by Gasteiger charge is -2.42. The van der Waals surface area contributed by atoms with Gasteiger partial charge in [-0.2, -0.15) is 0 Å². The van der Waals surface area contributed by atoms with Crippen LogP contribution in [0.4, 0.5) is 0 Å². The third kappa shape index (κ3) is 4.47. The molecule has 4 rings (SSSR count). The first-order chi connectivity index (χ1) is 13.7. The summed E-state index contributed by atoms with van der Waals surface area (Å²) in [5, 5.41) is 0. The Balaban J connectivity index is 1.35. The summed E-state index contributed by atoms with van der Waals surface area (Å²) in [6.07, 6.45) is -0.516. The minimum Gasteiger partial charge on any atom is -0.348 e. The zero-order chi connectivity index (χ0) is 19.3. The van der Waals surface area contributed by atoms with Crippen LogP contribution in [0.3, 0.4) is 0 Å². The molecular weight excluding hydrogens is 352 g/mol. The van der Waals surface area contributed by atoms with E-state index in [4.69, 9.17) is 18.9 Å². The van der Waals surface area contributed by atoms with Crippen molar-refractivity contribution in [2.45, 2.75) is 26.4 Å². The van der Waals surface area contributed by atoms with Gasteiger partial charge >= 0.3 is 0 Å². The average molecular weight is 383 g/mol. The lowest BCUT2D eigenvalue weighted by molar-refractivity contribution is -0.243. The molecule has 2 heterocycles. The molecule has 0 aliphatic carbocycles. The summed E-state index contributed by atoms with van der Waals surface area (Å²) in [6, 6.07) is 20.3. The second-order valence-corrected chi connectivity index (χ2v) is 8.16. The quantitative estimate of drug-likeness (QED) is 0.731. The van der Waals surface area contributed by atoms with Crippen LogP contribution >= 0.6 is 0 Å². The molecule has 150 valence electrons. The van der Waals surface area contributed by atoms with Crippen molar-refractivity contribution < 1.29 is 18.9 Å². The average Bonchev–Trinajstić information content (AvgIpc) is 2.76. The SMILES string of the molecule is CC(C)C(C1COC(c2ccccc2)OC1)C1COC(c2ccccc2)OC1. The molecule has 2 aliphatic heterocycles. The predicted molar refractivity (Wildman–Crippen MR) is 107 cm³/mol. The van der Waals surface area contributed by atoms with Crippen molar-refractivity contribution in [3.05, 3.63) is 71.8 Å². The van der Waals surface area contributed by atoms with Crippen LogP contribution in [0.1, 0.15) is 37.6 Å². The second-order valence-electron chi connectivity index (χ2n) is 8.16. The number of hydrogen-bond acceptors (Lipinski definition) is 4. The van der Waals surface area contributed by atoms with Gasteiger partial charge in [-0.3, -0.25) is 0 Å². The lowest BCUT2D eigenvalue weighted by Crippen LogP contribution is -2.43. The van der Waals surface area contributed by atoms with Crippen LogP contribution in [0.15, 0.2) is 60.7 Å². The third-order valence-electron chi connectivity index (χ3n) is 5.85. The molecule has 0 unspecified atom stereocenters. The Kier molecular flexibility index (Phi) is 6.43. The van der Waals surface area contributed by atoms with E-state index in [1.165, 1.54) is 0 Å². The van der Waals surface area contributed by atoms with Gasteiger partial charge in [0.25, 0.3) is 0 Å². The van der Waals surface area contributed by atoms with Gasteiger partial charge in [0.05, 0.1) is 26.4 Å². The van der Waals surface area contributed by atoms with Crippen LogP contribution in [-0.2, 0) is 18.9 Å². The van der Waals surface area contributed by atoms with Gasteiger partial charge in [0.15, 0.2) is 12.6 Å². The first-order valence-electron chi connectivity index (χ1n) is 10.3. The molecule has 0 aromatic heterocycles. The van der Waals surface area contributed by atoms with E-state index in [2.05, 4.69) is 38.1 Å². The summed E-state index contributed by atoms with van der Waals surface area (Å²) >= 11 is 0. The maximum absolute atomic E-state index is 6.09. The lowest BCUT2D eigenvalue weighted by atomic mass is 9.75. The van der Waals surface area contributed by atoms with Crippen LogP contribution in [0.25, 0.3) is 0 Å². The minimum absolute atomic E-state index is 0.258. The monoisotopic (exact) mass is 382 g/mol. The molecule has 2 saturated heterocycles. The van der Waals surface area contributed by atoms with Gasteiger partial charge in [0.1, 0.15) is 0 Å². The fraction of sp³-hybridized carbons (Fsp3) is 0.500. The van der Waals surface area contributed by atoms with E-state index >= 15 is 0 Å². The molecule has 28 heavy (non-hydrogen) atoms. The zero-order valence-corrected chi connectivity index (χ0v) is 16.7. The molecule has 0 radical (unpaired) electrons. The Labute approximate surface area is 167 Å². The van der Waals surface area contributed by atoms with Crippen LogP contribution in [-0.4, -0.2) is 26.4 Å². The van der Waals surface area contributed by atoms with Crippen molar-refractivity contribution in [2.24, 2.45) is 23.7 Å². The Morgan fingerprint density at radius 1 is 0.607 bits per heavy atom. The number of ether oxygens (including phenoxy) is 4. The highest BCUT2D eigenvalue weighted by molar-refractivity contribution is 5.17. The van der Waals surface area contributed by atoms with Gasteiger partial charge in [-0.05, 0) is 11.8 Å². The van der Waals surface area contributed by atoms with Crippen molar-refractivity contribution in [3.8, 4) is 0 Å². The van der Waals surface area contributed by atoms with Crippen LogP contribution < -0.4 is 0 Å². The molecule has 0 bridgehead atoms. The van der Waals surface area contributed by atoms with E-state index in [-0.39, 0.29) is 12.6 Å². The molecule has 0 saturated carbocycles. The van der Waals surface area contributed by atoms with E-state index in [1.54, 1.807) is 0 Å². The van der Waals surface area contributed by atoms with Crippen molar-refractivity contribution >= 4 is 0 Å². The largest absolute Gasteiger partial charge is 0.348 e. The summed E-state index contributed by atoms with van der Waals surface area (Å²) in [5.74, 6) is 1.65. The number of rotatable bonds is 5. The maximum Gasteiger partial charge on any atom is 0.183 e. The summed E-state index contributed by atoms with van der Waals surface area (Å²) in [6.45, 7) is 7.39. The van der Waals surface area contributed by atoms with E-state index in [1.807, 2.05) is 36.4 Å². The molecule has 0 N–H and O–H groups in total. The first kappa shape index (κ1) is 19.6. The van der Waals surface area contributed by atoms with Gasteiger partial charge in [-0.15, -0.1) is 0 Å². The highest BCUT2D eigenvalue weighted by atomic mass is 16.7. The molecule has 0 atom stereocenters. The van der Waals surface area contributed by atoms with Crippen molar-refractivity contribution in [3.63, 3.8) is 0 Å². The highest BCUT2D eigenvalue weighted by Gasteiger charge is 2.38. The van der Waals surface area contributed by atoms with Gasteiger partial charge < -0.3 is 18.9 Å². The summed E-state index contributed by atoms with van der Waals surface area (Å²) < 4.78 is 24.3. The van der Waals surface area contributed by atoms with E-state index < -0.39 is 0 Å². The standard InChI is InChI=1S/C24H30O4/c1-17(2)22(20-13-25-23(26-14-20)18-9-5-3-6-10-18)21-15-27-24(28-16-21)19-11-7-4-8-12-19/h3-12,17,20-24H,13-16H2,1-2H3. The Morgan fingerprint density at radius 2 is 0.964 bits per heavy atom. The normalized spacial score (nSPS) is 29.5. The number of benzene rings is 2. The Morgan fingerprint density at radius 3 is 1.29 bits per heavy atom. The molecule has 0 spiro atoms. The molecule has 2 fully saturated rings. The molecule has 0 amide bonds. The smallest absolute Gasteiger partial charge is 0.183 e. The highest BCUT2D eigenvalue weighted by Crippen LogP contribution is 2.38. The molecule has 4 heteroatoms. The van der Waals surface area contributed by atoms with Crippen molar-refractivity contribution in [2.75, 3.05) is 26.4 Å². The van der Waals surface area contributed by atoms with E-state index in [0.29, 0.717) is 50.1 Å². The molecule has 4 nitrogen and oxygen atoms in total. The summed E-state index contributed by atoms with van der Waals surface area (Å²) in [4.78, 5) is 0. The Bertz CT molecular complexity index is 642. The van der Waals surface area contributed by atoms with E-state index in [0.717, 1.165) is 11.1 Å². The van der Waals surface area contributed by atoms with Crippen LogP contribution in [0.2, 0.25) is 0 Å². The summed E-state index contributed by atoms with van der Waals surface area (Å²) in [5.41, 5.74) is 2.16. The third-order valence-corrected chi connectivity index (χ3v) is 5.85. The fourth-order valence-corrected chi connectivity index (χ4v) is 4.56. The number of hydrogen-bond donors (Lipinski definition) is 0. The van der Waals surface area contributed by atoms with Gasteiger partial charge in [-0.25, -0.2) is 0 Å². The molecule has 2 aromatic rings. The van der Waals surface area contributed by atoms with E-state index in [9.17, 15) is 0 Å². The Hall–Kier alpha value is -1.72. The minimum atomic E-state index is -0.258. The predicted octanol–water partition coefficient (Wildman–Crippen LogP) is 4.98. The molecule has 2 aromatic carbocycles. The van der Waals surface area contributed by atoms with Gasteiger partial charge in [0.2, 0.25) is 0 Å². The van der Waals surface area contributed by atoms with Crippen LogP contribution in [0, 0.1) is 23.7 Å². The van der Waals surface area contributed by atoms with Gasteiger partial charge in [0, 0.05) is 23.0 Å². The first-order valence-corrected chi connectivity index (χ1v) is 10.3. The molecular formula is C24H30O4. The maximum atomic E-state index is 6.09. The fourth-order valence-electron chi connectivity index (χ4n) is 4.56. The van der Waals surface area contributed by atoms with Crippen molar-refractivity contribution in [1.82, 2.24) is 0 Å². The van der Waals surface area contributed by atoms with Crippen molar-refractivity contribution in [1.29, 1.82) is 0 Å². The molecule has 2 aliphatic rings. The zero-order valence-electron chi connectivity index (χ0n) is 16.7. The van der Waals surface area contributed by atoms with Crippen LogP contribution in [0.5, 0.6) is 0 Å². The second kappa shape index (κ2) is 9.19.